The Morgan fingerprint density at radius 1 is 1.44 bits per heavy atom. The first-order chi connectivity index (χ1) is 7.49. The third-order valence-electron chi connectivity index (χ3n) is 3.49. The molecule has 3 nitrogen and oxygen atoms in total. The molecule has 1 amide bonds. The molecule has 1 fully saturated rings. The summed E-state index contributed by atoms with van der Waals surface area (Å²) < 4.78 is 0. The lowest BCUT2D eigenvalue weighted by atomic mass is 9.75. The van der Waals surface area contributed by atoms with Gasteiger partial charge in [-0.25, -0.2) is 0 Å². The van der Waals surface area contributed by atoms with Crippen molar-refractivity contribution >= 4 is 5.91 Å². The molecule has 0 aliphatic heterocycles. The summed E-state index contributed by atoms with van der Waals surface area (Å²) in [5.74, 6) is -0.182. The number of carbonyl (C=O) groups is 1. The Morgan fingerprint density at radius 3 is 2.81 bits per heavy atom. The van der Waals surface area contributed by atoms with Crippen LogP contribution in [0.15, 0.2) is 0 Å². The van der Waals surface area contributed by atoms with E-state index in [1.807, 2.05) is 0 Å². The fraction of sp³-hybridized carbons (Fsp3) is 0.923. The van der Waals surface area contributed by atoms with Gasteiger partial charge in [-0.05, 0) is 44.1 Å². The molecule has 0 bridgehead atoms. The van der Waals surface area contributed by atoms with Crippen molar-refractivity contribution in [1.29, 1.82) is 0 Å². The predicted octanol–water partition coefficient (Wildman–Crippen LogP) is 2.20. The van der Waals surface area contributed by atoms with E-state index in [2.05, 4.69) is 19.2 Å². The molecule has 16 heavy (non-hydrogen) atoms. The second-order valence-corrected chi connectivity index (χ2v) is 5.84. The molecule has 3 N–H and O–H groups in total. The van der Waals surface area contributed by atoms with E-state index in [1.165, 1.54) is 25.7 Å². The lowest BCUT2D eigenvalue weighted by Gasteiger charge is -2.35. The number of primary amides is 1. The van der Waals surface area contributed by atoms with Crippen LogP contribution in [-0.2, 0) is 4.79 Å². The summed E-state index contributed by atoms with van der Waals surface area (Å²) in [5.41, 5.74) is 5.60. The molecule has 1 aliphatic rings. The maximum absolute atomic E-state index is 10.6. The molecule has 3 heteroatoms. The second-order valence-electron chi connectivity index (χ2n) is 5.84. The van der Waals surface area contributed by atoms with Crippen LogP contribution in [0.1, 0.15) is 58.8 Å². The zero-order valence-electron chi connectivity index (χ0n) is 10.7. The van der Waals surface area contributed by atoms with E-state index < -0.39 is 0 Å². The molecule has 0 saturated heterocycles. The Hall–Kier alpha value is -0.570. The van der Waals surface area contributed by atoms with Gasteiger partial charge in [0.2, 0.25) is 5.91 Å². The van der Waals surface area contributed by atoms with Gasteiger partial charge < -0.3 is 11.1 Å². The average molecular weight is 226 g/mol. The molecule has 0 radical (unpaired) electrons. The SMILES string of the molecule is CC1(C)CCCC(NCCCCC(N)=O)C1. The van der Waals surface area contributed by atoms with Gasteiger partial charge in [-0.3, -0.25) is 4.79 Å². The Balaban J connectivity index is 2.06. The van der Waals surface area contributed by atoms with E-state index in [0.29, 0.717) is 17.9 Å². The van der Waals surface area contributed by atoms with Crippen LogP contribution >= 0.6 is 0 Å². The molecular formula is C13H26N2O. The highest BCUT2D eigenvalue weighted by Crippen LogP contribution is 2.34. The number of hydrogen-bond acceptors (Lipinski definition) is 2. The molecule has 1 rings (SSSR count). The molecule has 0 aromatic heterocycles. The Bertz CT molecular complexity index is 226. The molecule has 1 saturated carbocycles. The smallest absolute Gasteiger partial charge is 0.217 e. The van der Waals surface area contributed by atoms with E-state index in [1.54, 1.807) is 0 Å². The van der Waals surface area contributed by atoms with Crippen LogP contribution in [0.2, 0.25) is 0 Å². The van der Waals surface area contributed by atoms with Crippen LogP contribution in [0.3, 0.4) is 0 Å². The van der Waals surface area contributed by atoms with E-state index >= 15 is 0 Å². The standard InChI is InChI=1S/C13H26N2O/c1-13(2)8-5-6-11(10-13)15-9-4-3-7-12(14)16/h11,15H,3-10H2,1-2H3,(H2,14,16). The van der Waals surface area contributed by atoms with Crippen LogP contribution in [0, 0.1) is 5.41 Å². The van der Waals surface area contributed by atoms with Crippen LogP contribution < -0.4 is 11.1 Å². The quantitative estimate of drug-likeness (QED) is 0.682. The number of nitrogens with one attached hydrogen (secondary N) is 1. The first-order valence-corrected chi connectivity index (χ1v) is 6.51. The lowest BCUT2D eigenvalue weighted by molar-refractivity contribution is -0.118. The first kappa shape index (κ1) is 13.5. The summed E-state index contributed by atoms with van der Waals surface area (Å²) in [6.45, 7) is 5.73. The van der Waals surface area contributed by atoms with Gasteiger partial charge in [0.15, 0.2) is 0 Å². The van der Waals surface area contributed by atoms with Crippen molar-refractivity contribution in [3.8, 4) is 0 Å². The van der Waals surface area contributed by atoms with Crippen molar-refractivity contribution in [2.24, 2.45) is 11.1 Å². The zero-order valence-corrected chi connectivity index (χ0v) is 10.7. The average Bonchev–Trinajstić information content (AvgIpc) is 2.15. The largest absolute Gasteiger partial charge is 0.370 e. The molecule has 0 heterocycles. The third-order valence-corrected chi connectivity index (χ3v) is 3.49. The van der Waals surface area contributed by atoms with Crippen LogP contribution in [0.5, 0.6) is 0 Å². The van der Waals surface area contributed by atoms with Crippen molar-refractivity contribution in [2.45, 2.75) is 64.8 Å². The second kappa shape index (κ2) is 6.24. The molecule has 1 unspecified atom stereocenters. The highest BCUT2D eigenvalue weighted by molar-refractivity contribution is 5.73. The van der Waals surface area contributed by atoms with Gasteiger partial charge in [0.1, 0.15) is 0 Å². The van der Waals surface area contributed by atoms with Gasteiger partial charge in [0, 0.05) is 12.5 Å². The fourth-order valence-electron chi connectivity index (χ4n) is 2.60. The minimum atomic E-state index is -0.182. The van der Waals surface area contributed by atoms with Crippen molar-refractivity contribution in [1.82, 2.24) is 5.32 Å². The summed E-state index contributed by atoms with van der Waals surface area (Å²) >= 11 is 0. The molecule has 0 aromatic carbocycles. The summed E-state index contributed by atoms with van der Waals surface area (Å²) in [5, 5.41) is 3.60. The Labute approximate surface area is 99.2 Å². The number of carbonyl (C=O) groups excluding carboxylic acids is 1. The summed E-state index contributed by atoms with van der Waals surface area (Å²) in [6, 6.07) is 0.678. The molecule has 0 spiro atoms. The van der Waals surface area contributed by atoms with Crippen molar-refractivity contribution in [2.75, 3.05) is 6.54 Å². The minimum Gasteiger partial charge on any atom is -0.370 e. The van der Waals surface area contributed by atoms with E-state index in [0.717, 1.165) is 19.4 Å². The Kier molecular flexibility index (Phi) is 5.26. The number of nitrogens with two attached hydrogens (primary N) is 1. The topological polar surface area (TPSA) is 55.1 Å². The highest BCUT2D eigenvalue weighted by Gasteiger charge is 2.27. The summed E-state index contributed by atoms with van der Waals surface area (Å²) in [6.07, 6.45) is 7.77. The molecule has 0 aromatic rings. The van der Waals surface area contributed by atoms with Gasteiger partial charge in [-0.1, -0.05) is 20.3 Å². The molecule has 1 atom stereocenters. The van der Waals surface area contributed by atoms with Crippen LogP contribution in [0.4, 0.5) is 0 Å². The monoisotopic (exact) mass is 226 g/mol. The Morgan fingerprint density at radius 2 is 2.19 bits per heavy atom. The highest BCUT2D eigenvalue weighted by atomic mass is 16.1. The lowest BCUT2D eigenvalue weighted by Crippen LogP contribution is -2.37. The van der Waals surface area contributed by atoms with Crippen molar-refractivity contribution in [3.63, 3.8) is 0 Å². The van der Waals surface area contributed by atoms with Gasteiger partial charge >= 0.3 is 0 Å². The maximum atomic E-state index is 10.6. The van der Waals surface area contributed by atoms with Gasteiger partial charge in [-0.15, -0.1) is 0 Å². The molecule has 94 valence electrons. The van der Waals surface area contributed by atoms with E-state index in [4.69, 9.17) is 5.73 Å². The number of hydrogen-bond donors (Lipinski definition) is 2. The number of unbranched alkanes of at least 4 members (excludes halogenated alkanes) is 1. The minimum absolute atomic E-state index is 0.182. The number of rotatable bonds is 6. The summed E-state index contributed by atoms with van der Waals surface area (Å²) in [7, 11) is 0. The van der Waals surface area contributed by atoms with Gasteiger partial charge in [-0.2, -0.15) is 0 Å². The van der Waals surface area contributed by atoms with Crippen molar-refractivity contribution < 1.29 is 4.79 Å². The number of amides is 1. The van der Waals surface area contributed by atoms with Crippen molar-refractivity contribution in [3.05, 3.63) is 0 Å². The maximum Gasteiger partial charge on any atom is 0.217 e. The first-order valence-electron chi connectivity index (χ1n) is 6.51. The molecule has 1 aliphatic carbocycles. The third kappa shape index (κ3) is 5.50. The van der Waals surface area contributed by atoms with Crippen LogP contribution in [-0.4, -0.2) is 18.5 Å². The van der Waals surface area contributed by atoms with Gasteiger partial charge in [0.05, 0.1) is 0 Å². The predicted molar refractivity (Wildman–Crippen MR) is 67.1 cm³/mol. The normalized spacial score (nSPS) is 24.2. The zero-order chi connectivity index (χ0) is 12.0. The van der Waals surface area contributed by atoms with E-state index in [9.17, 15) is 4.79 Å². The molecular weight excluding hydrogens is 200 g/mol. The van der Waals surface area contributed by atoms with Crippen LogP contribution in [0.25, 0.3) is 0 Å². The van der Waals surface area contributed by atoms with Gasteiger partial charge in [0.25, 0.3) is 0 Å². The van der Waals surface area contributed by atoms with E-state index in [-0.39, 0.29) is 5.91 Å². The summed E-state index contributed by atoms with van der Waals surface area (Å²) in [4.78, 5) is 10.6. The fourth-order valence-corrected chi connectivity index (χ4v) is 2.60.